The highest BCUT2D eigenvalue weighted by Crippen LogP contribution is 2.20. The average Bonchev–Trinajstić information content (AvgIpc) is 2.48. The molecule has 2 rings (SSSR count). The molecule has 3 N–H and O–H groups in total. The molecule has 0 saturated carbocycles. The van der Waals surface area contributed by atoms with Crippen molar-refractivity contribution in [1.82, 2.24) is 0 Å². The van der Waals surface area contributed by atoms with Gasteiger partial charge in [0.1, 0.15) is 11.6 Å². The van der Waals surface area contributed by atoms with E-state index in [0.29, 0.717) is 12.3 Å². The maximum absolute atomic E-state index is 13.6. The van der Waals surface area contributed by atoms with Gasteiger partial charge in [-0.25, -0.2) is 9.38 Å². The first-order chi connectivity index (χ1) is 9.69. The summed E-state index contributed by atoms with van der Waals surface area (Å²) in [5.74, 6) is 0.287. The van der Waals surface area contributed by atoms with Gasteiger partial charge in [0.15, 0.2) is 5.96 Å². The van der Waals surface area contributed by atoms with Crippen molar-refractivity contribution in [2.75, 3.05) is 12.4 Å². The average molecular weight is 273 g/mol. The number of halogens is 1. The first-order valence-electron chi connectivity index (χ1n) is 6.13. The molecule has 0 amide bonds. The number of benzene rings is 2. The Balaban J connectivity index is 2.05. The highest BCUT2D eigenvalue weighted by atomic mass is 19.1. The number of anilines is 1. The number of nitrogens with zero attached hydrogens (tertiary/aromatic N) is 1. The highest BCUT2D eigenvalue weighted by Gasteiger charge is 2.04. The van der Waals surface area contributed by atoms with E-state index in [4.69, 9.17) is 10.5 Å². The third-order valence-corrected chi connectivity index (χ3v) is 2.71. The Morgan fingerprint density at radius 1 is 1.25 bits per heavy atom. The Labute approximate surface area is 117 Å². The van der Waals surface area contributed by atoms with Crippen molar-refractivity contribution < 1.29 is 9.13 Å². The van der Waals surface area contributed by atoms with Crippen LogP contribution in [0.4, 0.5) is 10.1 Å². The van der Waals surface area contributed by atoms with Crippen molar-refractivity contribution >= 4 is 11.6 Å². The minimum absolute atomic E-state index is 0.154. The summed E-state index contributed by atoms with van der Waals surface area (Å²) < 4.78 is 18.6. The van der Waals surface area contributed by atoms with Crippen LogP contribution < -0.4 is 15.8 Å². The molecule has 0 heterocycles. The molecule has 0 unspecified atom stereocenters. The zero-order chi connectivity index (χ0) is 14.4. The van der Waals surface area contributed by atoms with Gasteiger partial charge in [0, 0.05) is 6.07 Å². The molecule has 0 aliphatic heterocycles. The van der Waals surface area contributed by atoms with Crippen LogP contribution in [0.25, 0.3) is 0 Å². The second-order valence-electron chi connectivity index (χ2n) is 4.16. The van der Waals surface area contributed by atoms with E-state index in [-0.39, 0.29) is 11.6 Å². The second kappa shape index (κ2) is 6.56. The molecule has 104 valence electrons. The van der Waals surface area contributed by atoms with E-state index in [1.165, 1.54) is 25.3 Å². The zero-order valence-corrected chi connectivity index (χ0v) is 11.1. The zero-order valence-electron chi connectivity index (χ0n) is 11.1. The van der Waals surface area contributed by atoms with E-state index in [2.05, 4.69) is 10.3 Å². The van der Waals surface area contributed by atoms with E-state index in [1.54, 1.807) is 0 Å². The van der Waals surface area contributed by atoms with Gasteiger partial charge >= 0.3 is 0 Å². The number of guanidine groups is 1. The predicted octanol–water partition coefficient (Wildman–Crippen LogP) is 2.76. The largest absolute Gasteiger partial charge is 0.497 e. The molecular weight excluding hydrogens is 257 g/mol. The summed E-state index contributed by atoms with van der Waals surface area (Å²) in [4.78, 5) is 4.16. The van der Waals surface area contributed by atoms with Gasteiger partial charge in [-0.15, -0.1) is 0 Å². The van der Waals surface area contributed by atoms with Crippen LogP contribution in [0.3, 0.4) is 0 Å². The summed E-state index contributed by atoms with van der Waals surface area (Å²) in [6, 6.07) is 14.1. The van der Waals surface area contributed by atoms with Crippen LogP contribution in [-0.2, 0) is 6.54 Å². The fraction of sp³-hybridized carbons (Fsp3) is 0.133. The SMILES string of the molecule is COc1ccc(F)c(NC(N)=NCc2ccccc2)c1. The minimum atomic E-state index is -0.413. The van der Waals surface area contributed by atoms with Gasteiger partial charge in [-0.3, -0.25) is 0 Å². The lowest BCUT2D eigenvalue weighted by Gasteiger charge is -2.08. The van der Waals surface area contributed by atoms with E-state index in [9.17, 15) is 4.39 Å². The van der Waals surface area contributed by atoms with Crippen LogP contribution in [0, 0.1) is 5.82 Å². The molecule has 5 heteroatoms. The van der Waals surface area contributed by atoms with Gasteiger partial charge in [0.2, 0.25) is 0 Å². The molecule has 0 fully saturated rings. The lowest BCUT2D eigenvalue weighted by molar-refractivity contribution is 0.414. The van der Waals surface area contributed by atoms with Crippen LogP contribution in [0.1, 0.15) is 5.56 Å². The molecule has 0 aliphatic carbocycles. The Morgan fingerprint density at radius 2 is 2.00 bits per heavy atom. The summed E-state index contributed by atoms with van der Waals surface area (Å²) in [6.45, 7) is 0.436. The minimum Gasteiger partial charge on any atom is -0.497 e. The van der Waals surface area contributed by atoms with Crippen molar-refractivity contribution in [1.29, 1.82) is 0 Å². The second-order valence-corrected chi connectivity index (χ2v) is 4.16. The van der Waals surface area contributed by atoms with Crippen molar-refractivity contribution in [2.45, 2.75) is 6.54 Å². The van der Waals surface area contributed by atoms with Gasteiger partial charge in [-0.05, 0) is 17.7 Å². The summed E-state index contributed by atoms with van der Waals surface area (Å²) in [5.41, 5.74) is 7.01. The lowest BCUT2D eigenvalue weighted by Crippen LogP contribution is -2.23. The number of ether oxygens (including phenoxy) is 1. The lowest BCUT2D eigenvalue weighted by atomic mass is 10.2. The Hall–Kier alpha value is -2.56. The number of nitrogens with two attached hydrogens (primary N) is 1. The molecule has 0 atom stereocenters. The van der Waals surface area contributed by atoms with Crippen LogP contribution in [0.15, 0.2) is 53.5 Å². The van der Waals surface area contributed by atoms with E-state index in [0.717, 1.165) is 5.56 Å². The van der Waals surface area contributed by atoms with Gasteiger partial charge < -0.3 is 15.8 Å². The molecule has 0 aromatic heterocycles. The first kappa shape index (κ1) is 13.9. The third-order valence-electron chi connectivity index (χ3n) is 2.71. The topological polar surface area (TPSA) is 59.6 Å². The molecule has 2 aromatic carbocycles. The molecule has 4 nitrogen and oxygen atoms in total. The standard InChI is InChI=1S/C15H16FN3O/c1-20-12-7-8-13(16)14(9-12)19-15(17)18-10-11-5-3-2-4-6-11/h2-9H,10H2,1H3,(H3,17,18,19). The fourth-order valence-electron chi connectivity index (χ4n) is 1.66. The van der Waals surface area contributed by atoms with E-state index in [1.807, 2.05) is 30.3 Å². The van der Waals surface area contributed by atoms with Gasteiger partial charge in [-0.2, -0.15) is 0 Å². The highest BCUT2D eigenvalue weighted by molar-refractivity contribution is 5.92. The molecule has 20 heavy (non-hydrogen) atoms. The van der Waals surface area contributed by atoms with Crippen molar-refractivity contribution in [2.24, 2.45) is 10.7 Å². The normalized spacial score (nSPS) is 11.2. The first-order valence-corrected chi connectivity index (χ1v) is 6.13. The number of aliphatic imine (C=N–C) groups is 1. The summed E-state index contributed by atoms with van der Waals surface area (Å²) >= 11 is 0. The molecule has 0 bridgehead atoms. The van der Waals surface area contributed by atoms with Crippen LogP contribution in [0.5, 0.6) is 5.75 Å². The predicted molar refractivity (Wildman–Crippen MR) is 78.3 cm³/mol. The van der Waals surface area contributed by atoms with Crippen LogP contribution >= 0.6 is 0 Å². The number of methoxy groups -OCH3 is 1. The number of hydrogen-bond donors (Lipinski definition) is 2. The summed E-state index contributed by atoms with van der Waals surface area (Å²) in [6.07, 6.45) is 0. The van der Waals surface area contributed by atoms with Gasteiger partial charge in [-0.1, -0.05) is 30.3 Å². The molecule has 0 radical (unpaired) electrons. The maximum Gasteiger partial charge on any atom is 0.193 e. The smallest absolute Gasteiger partial charge is 0.193 e. The molecule has 0 saturated heterocycles. The van der Waals surface area contributed by atoms with Crippen LogP contribution in [0.2, 0.25) is 0 Å². The quantitative estimate of drug-likeness (QED) is 0.665. The molecule has 0 aliphatic rings. The number of rotatable bonds is 4. The fourth-order valence-corrected chi connectivity index (χ4v) is 1.66. The number of hydrogen-bond acceptors (Lipinski definition) is 2. The molecule has 0 spiro atoms. The van der Waals surface area contributed by atoms with E-state index >= 15 is 0 Å². The van der Waals surface area contributed by atoms with Crippen molar-refractivity contribution in [3.63, 3.8) is 0 Å². The van der Waals surface area contributed by atoms with Crippen molar-refractivity contribution in [3.8, 4) is 5.75 Å². The van der Waals surface area contributed by atoms with Crippen LogP contribution in [-0.4, -0.2) is 13.1 Å². The van der Waals surface area contributed by atoms with Gasteiger partial charge in [0.25, 0.3) is 0 Å². The maximum atomic E-state index is 13.6. The Morgan fingerprint density at radius 3 is 2.70 bits per heavy atom. The Bertz CT molecular complexity index is 599. The Kier molecular flexibility index (Phi) is 4.55. The van der Waals surface area contributed by atoms with E-state index < -0.39 is 5.82 Å². The third kappa shape index (κ3) is 3.71. The monoisotopic (exact) mass is 273 g/mol. The summed E-state index contributed by atoms with van der Waals surface area (Å²) in [7, 11) is 1.52. The van der Waals surface area contributed by atoms with Crippen molar-refractivity contribution in [3.05, 3.63) is 59.9 Å². The summed E-state index contributed by atoms with van der Waals surface area (Å²) in [5, 5.41) is 2.73. The molecular formula is C15H16FN3O. The van der Waals surface area contributed by atoms with Gasteiger partial charge in [0.05, 0.1) is 19.3 Å². The number of nitrogens with one attached hydrogen (secondary N) is 1. The molecule has 2 aromatic rings.